The average molecular weight is 400 g/mol. The van der Waals surface area contributed by atoms with Crippen LogP contribution in [0.15, 0.2) is 41.5 Å². The van der Waals surface area contributed by atoms with Crippen molar-refractivity contribution < 1.29 is 9.53 Å². The van der Waals surface area contributed by atoms with Crippen molar-refractivity contribution in [2.45, 2.75) is 25.9 Å². The SMILES string of the molecule is Cc1cn(C)c(=O)c2c(C(=O)N3CCC(Oc4ccc(Cl)cc4)CC3)c[nH]c12. The van der Waals surface area contributed by atoms with Crippen LogP contribution in [0.25, 0.3) is 10.9 Å². The zero-order chi connectivity index (χ0) is 19.8. The first kappa shape index (κ1) is 18.6. The number of carbonyl (C=O) groups excluding carboxylic acids is 1. The van der Waals surface area contributed by atoms with Gasteiger partial charge in [0.2, 0.25) is 0 Å². The molecule has 0 bridgehead atoms. The Morgan fingerprint density at radius 1 is 1.21 bits per heavy atom. The van der Waals surface area contributed by atoms with Gasteiger partial charge in [-0.2, -0.15) is 0 Å². The Kier molecular flexibility index (Phi) is 4.89. The summed E-state index contributed by atoms with van der Waals surface area (Å²) < 4.78 is 7.52. The van der Waals surface area contributed by atoms with Gasteiger partial charge in [-0.25, -0.2) is 0 Å². The average Bonchev–Trinajstić information content (AvgIpc) is 3.14. The van der Waals surface area contributed by atoms with Crippen molar-refractivity contribution in [1.29, 1.82) is 0 Å². The molecule has 3 aromatic rings. The number of rotatable bonds is 3. The second-order valence-corrected chi connectivity index (χ2v) is 7.68. The third-order valence-corrected chi connectivity index (χ3v) is 5.52. The molecule has 1 saturated heterocycles. The Morgan fingerprint density at radius 3 is 2.57 bits per heavy atom. The number of amides is 1. The van der Waals surface area contributed by atoms with Gasteiger partial charge in [0.05, 0.1) is 16.5 Å². The summed E-state index contributed by atoms with van der Waals surface area (Å²) in [5.74, 6) is 0.670. The third-order valence-electron chi connectivity index (χ3n) is 5.27. The Bertz CT molecular complexity index is 1080. The Balaban J connectivity index is 1.48. The van der Waals surface area contributed by atoms with E-state index in [2.05, 4.69) is 4.98 Å². The zero-order valence-corrected chi connectivity index (χ0v) is 16.6. The van der Waals surface area contributed by atoms with Crippen molar-refractivity contribution in [3.63, 3.8) is 0 Å². The molecule has 3 heterocycles. The standard InChI is InChI=1S/C21H22ClN3O3/c1-13-12-24(2)21(27)18-17(11-23-19(13)18)20(26)25-9-7-16(8-10-25)28-15-5-3-14(22)4-6-15/h3-6,11-12,16,23H,7-10H2,1-2H3. The van der Waals surface area contributed by atoms with E-state index in [1.165, 1.54) is 4.57 Å². The van der Waals surface area contributed by atoms with E-state index in [4.69, 9.17) is 16.3 Å². The number of hydrogen-bond donors (Lipinski definition) is 1. The fourth-order valence-corrected chi connectivity index (χ4v) is 3.89. The molecule has 0 unspecified atom stereocenters. The topological polar surface area (TPSA) is 67.3 Å². The largest absolute Gasteiger partial charge is 0.490 e. The lowest BCUT2D eigenvalue weighted by Gasteiger charge is -2.32. The molecule has 6 nitrogen and oxygen atoms in total. The van der Waals surface area contributed by atoms with Crippen molar-refractivity contribution >= 4 is 28.4 Å². The molecule has 1 aliphatic heterocycles. The fraction of sp³-hybridized carbons (Fsp3) is 0.333. The summed E-state index contributed by atoms with van der Waals surface area (Å²) in [5, 5.41) is 1.14. The predicted molar refractivity (Wildman–Crippen MR) is 109 cm³/mol. The van der Waals surface area contributed by atoms with E-state index in [0.29, 0.717) is 29.1 Å². The Labute approximate surface area is 167 Å². The summed E-state index contributed by atoms with van der Waals surface area (Å²) in [5.41, 5.74) is 1.95. The second kappa shape index (κ2) is 7.36. The van der Waals surface area contributed by atoms with Gasteiger partial charge in [0.25, 0.3) is 11.5 Å². The molecule has 0 spiro atoms. The first-order valence-corrected chi connectivity index (χ1v) is 9.70. The minimum absolute atomic E-state index is 0.0586. The maximum absolute atomic E-state index is 13.1. The highest BCUT2D eigenvalue weighted by molar-refractivity contribution is 6.30. The molecule has 28 heavy (non-hydrogen) atoms. The summed E-state index contributed by atoms with van der Waals surface area (Å²) in [6, 6.07) is 7.30. The first-order valence-electron chi connectivity index (χ1n) is 9.33. The van der Waals surface area contributed by atoms with Gasteiger partial charge in [0.15, 0.2) is 0 Å². The molecule has 0 aliphatic carbocycles. The van der Waals surface area contributed by atoms with Gasteiger partial charge in [-0.05, 0) is 36.8 Å². The molecule has 2 aromatic heterocycles. The number of nitrogens with zero attached hydrogens (tertiary/aromatic N) is 2. The lowest BCUT2D eigenvalue weighted by atomic mass is 10.1. The number of aromatic amines is 1. The lowest BCUT2D eigenvalue weighted by molar-refractivity contribution is 0.0597. The fourth-order valence-electron chi connectivity index (χ4n) is 3.77. The highest BCUT2D eigenvalue weighted by atomic mass is 35.5. The number of nitrogens with one attached hydrogen (secondary N) is 1. The van der Waals surface area contributed by atoms with E-state index >= 15 is 0 Å². The third kappa shape index (κ3) is 3.40. The summed E-state index contributed by atoms with van der Waals surface area (Å²) in [7, 11) is 1.70. The first-order chi connectivity index (χ1) is 13.4. The highest BCUT2D eigenvalue weighted by Gasteiger charge is 2.27. The van der Waals surface area contributed by atoms with Gasteiger partial charge < -0.3 is 19.2 Å². The number of likely N-dealkylation sites (tertiary alicyclic amines) is 1. The van der Waals surface area contributed by atoms with E-state index in [1.807, 2.05) is 19.1 Å². The molecule has 7 heteroatoms. The van der Waals surface area contributed by atoms with E-state index in [1.54, 1.807) is 36.5 Å². The molecule has 1 aliphatic rings. The molecular formula is C21H22ClN3O3. The number of pyridine rings is 1. The Hall–Kier alpha value is -2.73. The quantitative estimate of drug-likeness (QED) is 0.732. The molecule has 4 rings (SSSR count). The molecule has 0 atom stereocenters. The van der Waals surface area contributed by atoms with Crippen LogP contribution in [0.1, 0.15) is 28.8 Å². The minimum Gasteiger partial charge on any atom is -0.490 e. The van der Waals surface area contributed by atoms with Gasteiger partial charge >= 0.3 is 0 Å². The van der Waals surface area contributed by atoms with Crippen LogP contribution in [0.5, 0.6) is 5.75 Å². The van der Waals surface area contributed by atoms with E-state index < -0.39 is 0 Å². The maximum Gasteiger partial charge on any atom is 0.260 e. The molecule has 0 radical (unpaired) electrons. The van der Waals surface area contributed by atoms with Gasteiger partial charge in [0, 0.05) is 50.4 Å². The number of benzene rings is 1. The van der Waals surface area contributed by atoms with Crippen molar-refractivity contribution in [2.24, 2.45) is 7.05 Å². The minimum atomic E-state index is -0.161. The van der Waals surface area contributed by atoms with Crippen LogP contribution in [0.3, 0.4) is 0 Å². The van der Waals surface area contributed by atoms with Gasteiger partial charge in [-0.15, -0.1) is 0 Å². The second-order valence-electron chi connectivity index (χ2n) is 7.24. The van der Waals surface area contributed by atoms with Crippen molar-refractivity contribution in [3.05, 3.63) is 63.2 Å². The number of aryl methyl sites for hydroxylation is 2. The number of piperidine rings is 1. The predicted octanol–water partition coefficient (Wildman–Crippen LogP) is 3.51. The number of carbonyl (C=O) groups is 1. The van der Waals surface area contributed by atoms with Crippen LogP contribution < -0.4 is 10.3 Å². The summed E-state index contributed by atoms with van der Waals surface area (Å²) >= 11 is 5.90. The van der Waals surface area contributed by atoms with Crippen molar-refractivity contribution in [2.75, 3.05) is 13.1 Å². The van der Waals surface area contributed by atoms with Gasteiger partial charge in [-0.1, -0.05) is 11.6 Å². The number of H-pyrrole nitrogens is 1. The molecule has 1 fully saturated rings. The van der Waals surface area contributed by atoms with E-state index in [-0.39, 0.29) is 17.6 Å². The molecule has 0 saturated carbocycles. The molecular weight excluding hydrogens is 378 g/mol. The van der Waals surface area contributed by atoms with Crippen LogP contribution in [-0.2, 0) is 7.05 Å². The number of fused-ring (bicyclic) bond motifs is 1. The van der Waals surface area contributed by atoms with Crippen molar-refractivity contribution in [1.82, 2.24) is 14.5 Å². The lowest BCUT2D eigenvalue weighted by Crippen LogP contribution is -2.42. The van der Waals surface area contributed by atoms with Crippen LogP contribution in [0, 0.1) is 6.92 Å². The van der Waals surface area contributed by atoms with Crippen LogP contribution in [-0.4, -0.2) is 39.6 Å². The molecule has 146 valence electrons. The van der Waals surface area contributed by atoms with Crippen LogP contribution in [0.2, 0.25) is 5.02 Å². The number of aromatic nitrogens is 2. The summed E-state index contributed by atoms with van der Waals surface area (Å²) in [4.78, 5) is 30.5. The van der Waals surface area contributed by atoms with E-state index in [0.717, 1.165) is 29.7 Å². The van der Waals surface area contributed by atoms with E-state index in [9.17, 15) is 9.59 Å². The highest BCUT2D eigenvalue weighted by Crippen LogP contribution is 2.24. The molecule has 1 amide bonds. The van der Waals surface area contributed by atoms with Crippen LogP contribution in [0.4, 0.5) is 0 Å². The van der Waals surface area contributed by atoms with Crippen molar-refractivity contribution in [3.8, 4) is 5.75 Å². The molecule has 1 N–H and O–H groups in total. The monoisotopic (exact) mass is 399 g/mol. The van der Waals surface area contributed by atoms with Crippen LogP contribution >= 0.6 is 11.6 Å². The smallest absolute Gasteiger partial charge is 0.260 e. The normalized spacial score (nSPS) is 15.2. The Morgan fingerprint density at radius 2 is 1.89 bits per heavy atom. The summed E-state index contributed by atoms with van der Waals surface area (Å²) in [6.07, 6.45) is 4.97. The van der Waals surface area contributed by atoms with Gasteiger partial charge in [0.1, 0.15) is 11.9 Å². The zero-order valence-electron chi connectivity index (χ0n) is 15.9. The van der Waals surface area contributed by atoms with Gasteiger partial charge in [-0.3, -0.25) is 9.59 Å². The maximum atomic E-state index is 13.1. The number of ether oxygens (including phenoxy) is 1. The number of hydrogen-bond acceptors (Lipinski definition) is 3. The molecule has 1 aromatic carbocycles. The summed E-state index contributed by atoms with van der Waals surface area (Å²) in [6.45, 7) is 3.11. The number of halogens is 1.